The highest BCUT2D eigenvalue weighted by Crippen LogP contribution is 2.23. The van der Waals surface area contributed by atoms with Gasteiger partial charge in [0.05, 0.1) is 7.11 Å². The molecule has 26 heavy (non-hydrogen) atoms. The second-order valence-corrected chi connectivity index (χ2v) is 6.86. The predicted octanol–water partition coefficient (Wildman–Crippen LogP) is 5.74. The molecule has 0 radical (unpaired) electrons. The lowest BCUT2D eigenvalue weighted by molar-refractivity contribution is -0.119. The third-order valence-corrected chi connectivity index (χ3v) is 4.69. The summed E-state index contributed by atoms with van der Waals surface area (Å²) >= 11 is 0. The van der Waals surface area contributed by atoms with Crippen molar-refractivity contribution in [3.63, 3.8) is 0 Å². The molecule has 0 aromatic carbocycles. The molecule has 1 aliphatic carbocycles. The van der Waals surface area contributed by atoms with Crippen molar-refractivity contribution in [2.75, 3.05) is 7.11 Å². The monoisotopic (exact) mass is 362 g/mol. The molecule has 0 bridgehead atoms. The number of unbranched alkanes of at least 4 members (excludes halogenated alkanes) is 9. The van der Waals surface area contributed by atoms with Crippen LogP contribution < -0.4 is 0 Å². The number of methoxy groups -OCH3 is 1. The fourth-order valence-electron chi connectivity index (χ4n) is 3.05. The molecule has 0 aromatic rings. The summed E-state index contributed by atoms with van der Waals surface area (Å²) < 4.78 is 4.91. The Labute approximate surface area is 158 Å². The molecule has 4 heteroatoms. The Bertz CT molecular complexity index is 540. The number of Topliss-reactive ketones (excluding diaryl/α,β-unsaturated/α-hetero) is 1. The molecular formula is C22H34O4. The molecule has 0 saturated heterocycles. The second kappa shape index (κ2) is 13.4. The van der Waals surface area contributed by atoms with Crippen LogP contribution in [0, 0.1) is 0 Å². The zero-order valence-corrected chi connectivity index (χ0v) is 16.4. The van der Waals surface area contributed by atoms with Crippen molar-refractivity contribution in [1.29, 1.82) is 0 Å². The van der Waals surface area contributed by atoms with Crippen LogP contribution in [0.15, 0.2) is 35.3 Å². The van der Waals surface area contributed by atoms with Crippen molar-refractivity contribution >= 4 is 11.6 Å². The minimum atomic E-state index is -0.541. The van der Waals surface area contributed by atoms with Gasteiger partial charge in [0.1, 0.15) is 0 Å². The second-order valence-electron chi connectivity index (χ2n) is 6.86. The van der Waals surface area contributed by atoms with Gasteiger partial charge in [-0.1, -0.05) is 64.0 Å². The lowest BCUT2D eigenvalue weighted by atomic mass is 9.94. The van der Waals surface area contributed by atoms with Crippen LogP contribution in [0.25, 0.3) is 0 Å². The van der Waals surface area contributed by atoms with E-state index in [9.17, 15) is 14.7 Å². The van der Waals surface area contributed by atoms with E-state index in [4.69, 9.17) is 4.74 Å². The molecule has 4 nitrogen and oxygen atoms in total. The Morgan fingerprint density at radius 1 is 0.923 bits per heavy atom. The van der Waals surface area contributed by atoms with E-state index in [0.29, 0.717) is 6.42 Å². The first-order valence-electron chi connectivity index (χ1n) is 10.0. The van der Waals surface area contributed by atoms with Crippen LogP contribution in [0.4, 0.5) is 0 Å². The van der Waals surface area contributed by atoms with Crippen LogP contribution in [-0.2, 0) is 14.3 Å². The van der Waals surface area contributed by atoms with E-state index in [-0.39, 0.29) is 17.1 Å². The summed E-state index contributed by atoms with van der Waals surface area (Å²) in [5.41, 5.74) is 0.198. The van der Waals surface area contributed by atoms with Gasteiger partial charge in [0.25, 0.3) is 0 Å². The lowest BCUT2D eigenvalue weighted by Gasteiger charge is -2.14. The van der Waals surface area contributed by atoms with E-state index in [1.165, 1.54) is 58.5 Å². The standard InChI is InChI=1S/C22H34O4/c1-3-4-5-6-7-8-9-10-11-12-13-14-15-16-18-21(24)19(23)17-20(26-2)22(18)25/h6-7,17,24H,3-5,8-16H2,1-2H3. The van der Waals surface area contributed by atoms with Gasteiger partial charge in [-0.05, 0) is 32.1 Å². The first-order chi connectivity index (χ1) is 12.6. The molecule has 0 heterocycles. The molecule has 0 unspecified atom stereocenters. The number of hydrogen-bond acceptors (Lipinski definition) is 4. The molecule has 0 aromatic heterocycles. The molecule has 0 saturated carbocycles. The number of ether oxygens (including phenoxy) is 1. The lowest BCUT2D eigenvalue weighted by Crippen LogP contribution is -2.20. The highest BCUT2D eigenvalue weighted by Gasteiger charge is 2.28. The maximum atomic E-state index is 12.1. The summed E-state index contributed by atoms with van der Waals surface area (Å²) in [6, 6.07) is 0. The molecular weight excluding hydrogens is 328 g/mol. The molecule has 0 aliphatic heterocycles. The summed E-state index contributed by atoms with van der Waals surface area (Å²) in [7, 11) is 1.36. The Kier molecular flexibility index (Phi) is 11.4. The predicted molar refractivity (Wildman–Crippen MR) is 105 cm³/mol. The molecule has 1 N–H and O–H groups in total. The summed E-state index contributed by atoms with van der Waals surface area (Å²) in [6.45, 7) is 2.22. The van der Waals surface area contributed by atoms with Crippen molar-refractivity contribution in [2.45, 2.75) is 84.0 Å². The molecule has 0 atom stereocenters. The van der Waals surface area contributed by atoms with Crippen LogP contribution in [0.3, 0.4) is 0 Å². The van der Waals surface area contributed by atoms with E-state index in [0.717, 1.165) is 25.3 Å². The first kappa shape index (κ1) is 22.2. The van der Waals surface area contributed by atoms with Gasteiger partial charge in [-0.15, -0.1) is 0 Å². The van der Waals surface area contributed by atoms with Gasteiger partial charge in [0.2, 0.25) is 11.6 Å². The van der Waals surface area contributed by atoms with Gasteiger partial charge < -0.3 is 9.84 Å². The van der Waals surface area contributed by atoms with Crippen LogP contribution >= 0.6 is 0 Å². The maximum Gasteiger partial charge on any atom is 0.227 e. The number of ketones is 2. The minimum absolute atomic E-state index is 0.0199. The van der Waals surface area contributed by atoms with Crippen molar-refractivity contribution < 1.29 is 19.4 Å². The Hall–Kier alpha value is -1.84. The number of carbonyl (C=O) groups is 2. The summed E-state index contributed by atoms with van der Waals surface area (Å²) in [4.78, 5) is 23.7. The highest BCUT2D eigenvalue weighted by atomic mass is 16.5. The normalized spacial score (nSPS) is 15.1. The largest absolute Gasteiger partial charge is 0.504 e. The number of aliphatic hydroxyl groups excluding tert-OH is 1. The highest BCUT2D eigenvalue weighted by molar-refractivity contribution is 6.20. The van der Waals surface area contributed by atoms with Gasteiger partial charge in [-0.25, -0.2) is 0 Å². The van der Waals surface area contributed by atoms with E-state index in [1.807, 2.05) is 0 Å². The average molecular weight is 363 g/mol. The molecule has 1 aliphatic rings. The average Bonchev–Trinajstić information content (AvgIpc) is 2.64. The smallest absolute Gasteiger partial charge is 0.227 e. The van der Waals surface area contributed by atoms with Crippen LogP contribution in [0.1, 0.15) is 84.0 Å². The van der Waals surface area contributed by atoms with E-state index < -0.39 is 11.5 Å². The molecule has 0 amide bonds. The first-order valence-corrected chi connectivity index (χ1v) is 10.0. The number of allylic oxidation sites excluding steroid dienone is 4. The number of carbonyl (C=O) groups excluding carboxylic acids is 2. The van der Waals surface area contributed by atoms with Gasteiger partial charge in [-0.3, -0.25) is 9.59 Å². The number of hydrogen-bond donors (Lipinski definition) is 1. The van der Waals surface area contributed by atoms with E-state index in [2.05, 4.69) is 19.1 Å². The topological polar surface area (TPSA) is 63.6 Å². The third kappa shape index (κ3) is 8.03. The third-order valence-electron chi connectivity index (χ3n) is 4.69. The Morgan fingerprint density at radius 2 is 1.50 bits per heavy atom. The number of rotatable bonds is 14. The molecule has 146 valence electrons. The quantitative estimate of drug-likeness (QED) is 0.243. The van der Waals surface area contributed by atoms with Crippen molar-refractivity contribution in [3.8, 4) is 0 Å². The summed E-state index contributed by atoms with van der Waals surface area (Å²) in [5.74, 6) is -1.30. The van der Waals surface area contributed by atoms with Crippen molar-refractivity contribution in [3.05, 3.63) is 35.3 Å². The Morgan fingerprint density at radius 3 is 2.12 bits per heavy atom. The van der Waals surface area contributed by atoms with Gasteiger partial charge >= 0.3 is 0 Å². The van der Waals surface area contributed by atoms with E-state index in [1.54, 1.807) is 0 Å². The molecule has 1 rings (SSSR count). The summed E-state index contributed by atoms with van der Waals surface area (Å²) in [5, 5.41) is 9.82. The maximum absolute atomic E-state index is 12.1. The zero-order valence-electron chi connectivity index (χ0n) is 16.4. The van der Waals surface area contributed by atoms with Crippen LogP contribution in [-0.4, -0.2) is 23.8 Å². The number of aliphatic hydroxyl groups is 1. The minimum Gasteiger partial charge on any atom is -0.504 e. The van der Waals surface area contributed by atoms with Gasteiger partial charge in [-0.2, -0.15) is 0 Å². The fourth-order valence-corrected chi connectivity index (χ4v) is 3.05. The van der Waals surface area contributed by atoms with Gasteiger partial charge in [0.15, 0.2) is 11.5 Å². The Balaban J connectivity index is 2.09. The van der Waals surface area contributed by atoms with Crippen LogP contribution in [0.5, 0.6) is 0 Å². The SMILES string of the molecule is CCCCC=CCCCCCCCCCC1=C(O)C(=O)C=C(OC)C1=O. The van der Waals surface area contributed by atoms with Gasteiger partial charge in [0, 0.05) is 11.6 Å². The fraction of sp³-hybridized carbons (Fsp3) is 0.636. The summed E-state index contributed by atoms with van der Waals surface area (Å²) in [6.07, 6.45) is 18.9. The van der Waals surface area contributed by atoms with Crippen molar-refractivity contribution in [1.82, 2.24) is 0 Å². The van der Waals surface area contributed by atoms with E-state index >= 15 is 0 Å². The van der Waals surface area contributed by atoms with Crippen LogP contribution in [0.2, 0.25) is 0 Å². The molecule has 0 fully saturated rings. The zero-order chi connectivity index (χ0) is 19.2. The van der Waals surface area contributed by atoms with Crippen molar-refractivity contribution in [2.24, 2.45) is 0 Å². The molecule has 0 spiro atoms.